The van der Waals surface area contributed by atoms with Crippen LogP contribution in [0, 0.1) is 5.92 Å². The molecule has 1 saturated heterocycles. The third-order valence-corrected chi connectivity index (χ3v) is 2.35. The van der Waals surface area contributed by atoms with E-state index < -0.39 is 12.2 Å². The van der Waals surface area contributed by atoms with Crippen LogP contribution in [0.1, 0.15) is 6.42 Å². The highest BCUT2D eigenvalue weighted by atomic mass is 16.3. The van der Waals surface area contributed by atoms with Crippen LogP contribution in [0.5, 0.6) is 0 Å². The van der Waals surface area contributed by atoms with Gasteiger partial charge in [0.1, 0.15) is 6.10 Å². The van der Waals surface area contributed by atoms with Crippen molar-refractivity contribution in [1.82, 2.24) is 5.32 Å². The van der Waals surface area contributed by atoms with E-state index in [4.69, 9.17) is 10.2 Å². The van der Waals surface area contributed by atoms with Crippen LogP contribution in [0.25, 0.3) is 0 Å². The smallest absolute Gasteiger partial charge is 0.226 e. The minimum absolute atomic E-state index is 0.122. The van der Waals surface area contributed by atoms with E-state index in [1.54, 1.807) is 0 Å². The lowest BCUT2D eigenvalue weighted by Gasteiger charge is -2.22. The maximum Gasteiger partial charge on any atom is 0.226 e. The number of hydrogen-bond donors (Lipinski definition) is 3. The van der Waals surface area contributed by atoms with Crippen LogP contribution in [0.4, 0.5) is 0 Å². The molecule has 4 nitrogen and oxygen atoms in total. The number of fused-ring (bicyclic) bond motifs is 2. The van der Waals surface area contributed by atoms with Crippen molar-refractivity contribution in [3.05, 3.63) is 0 Å². The van der Waals surface area contributed by atoms with E-state index in [0.717, 1.165) is 0 Å². The fourth-order valence-electron chi connectivity index (χ4n) is 1.72. The Bertz CT molecular complexity index is 180. The lowest BCUT2D eigenvalue weighted by Crippen LogP contribution is -2.48. The van der Waals surface area contributed by atoms with Gasteiger partial charge >= 0.3 is 0 Å². The van der Waals surface area contributed by atoms with Gasteiger partial charge in [-0.15, -0.1) is 0 Å². The molecule has 0 radical (unpaired) electrons. The van der Waals surface area contributed by atoms with E-state index >= 15 is 0 Å². The average Bonchev–Trinajstić information content (AvgIpc) is 2.36. The van der Waals surface area contributed by atoms with Crippen LogP contribution >= 0.6 is 0 Å². The van der Waals surface area contributed by atoms with E-state index in [2.05, 4.69) is 5.32 Å². The molecule has 1 saturated carbocycles. The highest BCUT2D eigenvalue weighted by molar-refractivity contribution is 5.83. The Kier molecular flexibility index (Phi) is 1.04. The van der Waals surface area contributed by atoms with Crippen molar-refractivity contribution in [2.45, 2.75) is 24.7 Å². The van der Waals surface area contributed by atoms with Gasteiger partial charge in [-0.05, 0) is 6.42 Å². The zero-order valence-corrected chi connectivity index (χ0v) is 5.32. The topological polar surface area (TPSA) is 69.6 Å². The van der Waals surface area contributed by atoms with Crippen LogP contribution in [-0.4, -0.2) is 34.4 Å². The first-order valence-corrected chi connectivity index (χ1v) is 3.36. The number of amides is 1. The highest BCUT2D eigenvalue weighted by Gasteiger charge is 2.51. The molecule has 1 heterocycles. The second kappa shape index (κ2) is 1.71. The van der Waals surface area contributed by atoms with Gasteiger partial charge in [-0.2, -0.15) is 0 Å². The third-order valence-electron chi connectivity index (χ3n) is 2.35. The lowest BCUT2D eigenvalue weighted by atomic mass is 10.1. The molecule has 2 fully saturated rings. The average molecular weight is 143 g/mol. The van der Waals surface area contributed by atoms with Crippen molar-refractivity contribution < 1.29 is 15.0 Å². The Balaban J connectivity index is 2.24. The molecule has 0 spiro atoms. The van der Waals surface area contributed by atoms with Gasteiger partial charge < -0.3 is 15.5 Å². The molecule has 1 amide bonds. The minimum atomic E-state index is -0.834. The maximum atomic E-state index is 10.8. The highest BCUT2D eigenvalue weighted by Crippen LogP contribution is 2.32. The quantitative estimate of drug-likeness (QED) is 0.375. The summed E-state index contributed by atoms with van der Waals surface area (Å²) in [6.07, 6.45) is -0.998. The largest absolute Gasteiger partial charge is 0.390 e. The summed E-state index contributed by atoms with van der Waals surface area (Å²) in [6, 6.07) is -0.201. The molecule has 2 aliphatic rings. The van der Waals surface area contributed by atoms with E-state index in [-0.39, 0.29) is 17.9 Å². The number of carbonyl (C=O) groups is 1. The second-order valence-electron chi connectivity index (χ2n) is 2.94. The molecule has 2 rings (SSSR count). The van der Waals surface area contributed by atoms with Crippen LogP contribution in [0.2, 0.25) is 0 Å². The zero-order valence-electron chi connectivity index (χ0n) is 5.32. The molecule has 3 N–H and O–H groups in total. The van der Waals surface area contributed by atoms with Crippen molar-refractivity contribution in [2.75, 3.05) is 0 Å². The summed E-state index contributed by atoms with van der Waals surface area (Å²) in [5, 5.41) is 20.9. The van der Waals surface area contributed by atoms with Gasteiger partial charge in [0.25, 0.3) is 0 Å². The standard InChI is InChI=1S/C6H9NO3/c8-4-2-1-3(5(4)9)7-6(2)10/h2-5,8-9H,1H2,(H,7,10)/t2-,3+,4+,5+/m0/s1. The van der Waals surface area contributed by atoms with Crippen molar-refractivity contribution >= 4 is 5.91 Å². The molecule has 4 heteroatoms. The van der Waals surface area contributed by atoms with Crippen molar-refractivity contribution in [3.63, 3.8) is 0 Å². The second-order valence-corrected chi connectivity index (χ2v) is 2.94. The number of piperidine rings is 1. The number of carbonyl (C=O) groups excluding carboxylic acids is 1. The molecule has 1 aliphatic heterocycles. The summed E-state index contributed by atoms with van der Waals surface area (Å²) in [6.45, 7) is 0. The lowest BCUT2D eigenvalue weighted by molar-refractivity contribution is -0.131. The first kappa shape index (κ1) is 6.12. The fraction of sp³-hybridized carbons (Fsp3) is 0.833. The van der Waals surface area contributed by atoms with Gasteiger partial charge in [0.2, 0.25) is 5.91 Å². The molecule has 0 aromatic carbocycles. The summed E-state index contributed by atoms with van der Waals surface area (Å²) in [5.41, 5.74) is 0. The molecule has 2 bridgehead atoms. The first-order valence-electron chi connectivity index (χ1n) is 3.36. The van der Waals surface area contributed by atoms with Crippen molar-refractivity contribution in [2.24, 2.45) is 5.92 Å². The van der Waals surface area contributed by atoms with Gasteiger partial charge in [0.15, 0.2) is 0 Å². The van der Waals surface area contributed by atoms with Crippen LogP contribution < -0.4 is 5.32 Å². The van der Waals surface area contributed by atoms with Crippen molar-refractivity contribution in [1.29, 1.82) is 0 Å². The Morgan fingerprint density at radius 3 is 2.50 bits per heavy atom. The summed E-state index contributed by atoms with van der Waals surface area (Å²) in [5.74, 6) is -0.484. The van der Waals surface area contributed by atoms with Crippen LogP contribution in [-0.2, 0) is 4.79 Å². The Morgan fingerprint density at radius 1 is 1.40 bits per heavy atom. The monoisotopic (exact) mass is 143 g/mol. The van der Waals surface area contributed by atoms with Crippen LogP contribution in [0.15, 0.2) is 0 Å². The molecule has 56 valence electrons. The van der Waals surface area contributed by atoms with E-state index in [1.165, 1.54) is 0 Å². The molecule has 0 aromatic heterocycles. The predicted octanol–water partition coefficient (Wildman–Crippen LogP) is -1.77. The Hall–Kier alpha value is -0.610. The molecular formula is C6H9NO3. The van der Waals surface area contributed by atoms with E-state index in [1.807, 2.05) is 0 Å². The number of rotatable bonds is 0. The third kappa shape index (κ3) is 0.552. The SMILES string of the molecule is O=C1N[C@@H]2C[C@H]1[C@@H](O)[C@@H]2O. The van der Waals surface area contributed by atoms with Crippen LogP contribution in [0.3, 0.4) is 0 Å². The molecule has 4 atom stereocenters. The van der Waals surface area contributed by atoms with Crippen molar-refractivity contribution in [3.8, 4) is 0 Å². The fourth-order valence-corrected chi connectivity index (χ4v) is 1.72. The first-order chi connectivity index (χ1) is 4.70. The normalized spacial score (nSPS) is 51.6. The van der Waals surface area contributed by atoms with E-state index in [0.29, 0.717) is 6.42 Å². The van der Waals surface area contributed by atoms with Gasteiger partial charge in [0, 0.05) is 0 Å². The molecule has 0 unspecified atom stereocenters. The van der Waals surface area contributed by atoms with Gasteiger partial charge in [-0.25, -0.2) is 0 Å². The number of nitrogens with one attached hydrogen (secondary N) is 1. The molecule has 0 aromatic rings. The van der Waals surface area contributed by atoms with Gasteiger partial charge in [-0.1, -0.05) is 0 Å². The summed E-state index contributed by atoms with van der Waals surface area (Å²) < 4.78 is 0. The zero-order chi connectivity index (χ0) is 7.30. The number of aliphatic hydroxyl groups excluding tert-OH is 2. The Morgan fingerprint density at radius 2 is 2.10 bits per heavy atom. The molecular weight excluding hydrogens is 134 g/mol. The number of aliphatic hydroxyl groups is 2. The van der Waals surface area contributed by atoms with Gasteiger partial charge in [0.05, 0.1) is 18.1 Å². The Labute approximate surface area is 57.9 Å². The molecule has 10 heavy (non-hydrogen) atoms. The summed E-state index contributed by atoms with van der Waals surface area (Å²) in [4.78, 5) is 10.8. The summed E-state index contributed by atoms with van der Waals surface area (Å²) in [7, 11) is 0. The summed E-state index contributed by atoms with van der Waals surface area (Å²) >= 11 is 0. The minimum Gasteiger partial charge on any atom is -0.390 e. The number of hydrogen-bond acceptors (Lipinski definition) is 3. The van der Waals surface area contributed by atoms with Gasteiger partial charge in [-0.3, -0.25) is 4.79 Å². The maximum absolute atomic E-state index is 10.8. The molecule has 1 aliphatic carbocycles. The predicted molar refractivity (Wildman–Crippen MR) is 32.1 cm³/mol. The van der Waals surface area contributed by atoms with E-state index in [9.17, 15) is 4.79 Å².